The maximum absolute atomic E-state index is 13.7. The van der Waals surface area contributed by atoms with Crippen molar-refractivity contribution in [2.75, 3.05) is 11.9 Å². The van der Waals surface area contributed by atoms with Gasteiger partial charge in [0.05, 0.1) is 18.3 Å². The van der Waals surface area contributed by atoms with E-state index in [9.17, 15) is 13.6 Å². The molecule has 3 rings (SSSR count). The van der Waals surface area contributed by atoms with E-state index >= 15 is 0 Å². The molecule has 3 aromatic rings. The van der Waals surface area contributed by atoms with Crippen LogP contribution >= 0.6 is 11.3 Å². The van der Waals surface area contributed by atoms with Crippen LogP contribution < -0.4 is 10.6 Å². The third-order valence-corrected chi connectivity index (χ3v) is 5.37. The smallest absolute Gasteiger partial charge is 0.238 e. The zero-order chi connectivity index (χ0) is 20.1. The minimum Gasteiger partial charge on any atom is -0.322 e. The van der Waals surface area contributed by atoms with E-state index in [-0.39, 0.29) is 18.3 Å². The molecule has 0 aliphatic carbocycles. The fourth-order valence-electron chi connectivity index (χ4n) is 2.89. The summed E-state index contributed by atoms with van der Waals surface area (Å²) in [4.78, 5) is 13.3. The first-order chi connectivity index (χ1) is 13.4. The average molecular weight is 400 g/mol. The molecule has 6 heteroatoms. The molecule has 1 aromatic heterocycles. The van der Waals surface area contributed by atoms with Crippen LogP contribution in [0.1, 0.15) is 41.8 Å². The van der Waals surface area contributed by atoms with Crippen LogP contribution in [0.15, 0.2) is 60.0 Å². The van der Waals surface area contributed by atoms with Crippen LogP contribution in [0.25, 0.3) is 0 Å². The largest absolute Gasteiger partial charge is 0.322 e. The zero-order valence-electron chi connectivity index (χ0n) is 15.7. The highest BCUT2D eigenvalue weighted by Gasteiger charge is 2.17. The molecule has 0 aliphatic rings. The van der Waals surface area contributed by atoms with Crippen LogP contribution in [0.5, 0.6) is 0 Å². The molecule has 0 spiro atoms. The zero-order valence-corrected chi connectivity index (χ0v) is 16.5. The van der Waals surface area contributed by atoms with Gasteiger partial charge in [0, 0.05) is 10.9 Å². The van der Waals surface area contributed by atoms with Gasteiger partial charge >= 0.3 is 0 Å². The molecule has 0 fully saturated rings. The lowest BCUT2D eigenvalue weighted by atomic mass is 9.98. The summed E-state index contributed by atoms with van der Waals surface area (Å²) in [5, 5.41) is 7.62. The highest BCUT2D eigenvalue weighted by molar-refractivity contribution is 7.10. The second-order valence-corrected chi connectivity index (χ2v) is 7.80. The number of nitrogens with one attached hydrogen (secondary N) is 2. The average Bonchev–Trinajstić information content (AvgIpc) is 3.20. The summed E-state index contributed by atoms with van der Waals surface area (Å²) >= 11 is 1.59. The minimum atomic E-state index is -0.672. The predicted molar refractivity (Wildman–Crippen MR) is 110 cm³/mol. The summed E-state index contributed by atoms with van der Waals surface area (Å²) in [6.07, 6.45) is 0. The van der Waals surface area contributed by atoms with Gasteiger partial charge in [-0.15, -0.1) is 11.3 Å². The number of amides is 1. The third-order valence-electron chi connectivity index (χ3n) is 4.43. The Kier molecular flexibility index (Phi) is 6.54. The van der Waals surface area contributed by atoms with Gasteiger partial charge in [-0.25, -0.2) is 8.78 Å². The Balaban J connectivity index is 1.72. The van der Waals surface area contributed by atoms with E-state index in [0.717, 1.165) is 28.6 Å². The Morgan fingerprint density at radius 1 is 1.04 bits per heavy atom. The fraction of sp³-hybridized carbons (Fsp3) is 0.227. The highest BCUT2D eigenvalue weighted by atomic mass is 32.1. The first-order valence-electron chi connectivity index (χ1n) is 9.05. The van der Waals surface area contributed by atoms with E-state index < -0.39 is 17.5 Å². The van der Waals surface area contributed by atoms with E-state index in [1.54, 1.807) is 11.3 Å². The highest BCUT2D eigenvalue weighted by Crippen LogP contribution is 2.27. The minimum absolute atomic E-state index is 0.0373. The summed E-state index contributed by atoms with van der Waals surface area (Å²) in [6.45, 7) is 4.24. The Hall–Kier alpha value is -2.57. The van der Waals surface area contributed by atoms with E-state index in [1.807, 2.05) is 17.5 Å². The molecule has 0 aliphatic heterocycles. The lowest BCUT2D eigenvalue weighted by Crippen LogP contribution is -2.31. The molecule has 1 atom stereocenters. The van der Waals surface area contributed by atoms with Gasteiger partial charge in [0.1, 0.15) is 11.6 Å². The lowest BCUT2D eigenvalue weighted by molar-refractivity contribution is -0.115. The van der Waals surface area contributed by atoms with Crippen LogP contribution in [0.4, 0.5) is 14.5 Å². The van der Waals surface area contributed by atoms with Crippen LogP contribution in [-0.4, -0.2) is 12.5 Å². The maximum Gasteiger partial charge on any atom is 0.238 e. The number of hydrogen-bond acceptors (Lipinski definition) is 3. The van der Waals surface area contributed by atoms with Crippen molar-refractivity contribution >= 4 is 22.9 Å². The van der Waals surface area contributed by atoms with Crippen LogP contribution in [-0.2, 0) is 4.79 Å². The van der Waals surface area contributed by atoms with E-state index in [2.05, 4.69) is 48.7 Å². The van der Waals surface area contributed by atoms with E-state index in [0.29, 0.717) is 5.92 Å². The van der Waals surface area contributed by atoms with Crippen molar-refractivity contribution < 1.29 is 13.6 Å². The SMILES string of the molecule is CC(C)c1ccc([C@H](NCC(=O)Nc2cc(F)ccc2F)c2cccs2)cc1. The number of thiophene rings is 1. The molecule has 0 saturated heterocycles. The molecular weight excluding hydrogens is 378 g/mol. The maximum atomic E-state index is 13.7. The number of carbonyl (C=O) groups is 1. The number of hydrogen-bond donors (Lipinski definition) is 2. The van der Waals surface area contributed by atoms with Crippen molar-refractivity contribution in [1.29, 1.82) is 0 Å². The van der Waals surface area contributed by atoms with Gasteiger partial charge < -0.3 is 5.32 Å². The van der Waals surface area contributed by atoms with Crippen molar-refractivity contribution in [2.45, 2.75) is 25.8 Å². The molecule has 0 saturated carbocycles. The van der Waals surface area contributed by atoms with Crippen molar-refractivity contribution in [3.05, 3.63) is 87.6 Å². The van der Waals surface area contributed by atoms with Gasteiger partial charge in [-0.05, 0) is 40.6 Å². The molecule has 1 amide bonds. The van der Waals surface area contributed by atoms with Crippen molar-refractivity contribution in [1.82, 2.24) is 5.32 Å². The van der Waals surface area contributed by atoms with Crippen molar-refractivity contribution in [2.24, 2.45) is 0 Å². The van der Waals surface area contributed by atoms with Crippen LogP contribution in [0.2, 0.25) is 0 Å². The number of carbonyl (C=O) groups excluding carboxylic acids is 1. The van der Waals surface area contributed by atoms with Gasteiger partial charge in [-0.3, -0.25) is 10.1 Å². The summed E-state index contributed by atoms with van der Waals surface area (Å²) in [5.74, 6) is -1.28. The van der Waals surface area contributed by atoms with Crippen LogP contribution in [0, 0.1) is 11.6 Å². The number of rotatable bonds is 7. The third kappa shape index (κ3) is 5.03. The first-order valence-corrected chi connectivity index (χ1v) is 9.93. The molecule has 2 N–H and O–H groups in total. The van der Waals surface area contributed by atoms with Crippen molar-refractivity contribution in [3.63, 3.8) is 0 Å². The number of halogens is 2. The quantitative estimate of drug-likeness (QED) is 0.552. The molecular formula is C22H22F2N2OS. The second-order valence-electron chi connectivity index (χ2n) is 6.82. The molecule has 28 heavy (non-hydrogen) atoms. The molecule has 2 aromatic carbocycles. The standard InChI is InChI=1S/C22H22F2N2OS/c1-14(2)15-5-7-16(8-6-15)22(20-4-3-11-28-20)25-13-21(27)26-19-12-17(23)9-10-18(19)24/h3-12,14,22,25H,13H2,1-2H3,(H,26,27)/t22-/m0/s1. The lowest BCUT2D eigenvalue weighted by Gasteiger charge is -2.19. The van der Waals surface area contributed by atoms with Crippen molar-refractivity contribution in [3.8, 4) is 0 Å². The van der Waals surface area contributed by atoms with Gasteiger partial charge in [-0.2, -0.15) is 0 Å². The molecule has 0 unspecified atom stereocenters. The molecule has 3 nitrogen and oxygen atoms in total. The Morgan fingerprint density at radius 2 is 1.75 bits per heavy atom. The summed E-state index contributed by atoms with van der Waals surface area (Å²) < 4.78 is 27.0. The fourth-order valence-corrected chi connectivity index (χ4v) is 3.72. The summed E-state index contributed by atoms with van der Waals surface area (Å²) in [5.41, 5.74) is 2.12. The summed E-state index contributed by atoms with van der Waals surface area (Å²) in [7, 11) is 0. The van der Waals surface area contributed by atoms with Gasteiger partial charge in [0.15, 0.2) is 0 Å². The van der Waals surface area contributed by atoms with E-state index in [4.69, 9.17) is 0 Å². The van der Waals surface area contributed by atoms with Gasteiger partial charge in [0.2, 0.25) is 5.91 Å². The normalized spacial score (nSPS) is 12.2. The van der Waals surface area contributed by atoms with Gasteiger partial charge in [0.25, 0.3) is 0 Å². The van der Waals surface area contributed by atoms with Gasteiger partial charge in [-0.1, -0.05) is 44.2 Å². The number of benzene rings is 2. The van der Waals surface area contributed by atoms with E-state index in [1.165, 1.54) is 5.56 Å². The Morgan fingerprint density at radius 3 is 2.39 bits per heavy atom. The Bertz CT molecular complexity index is 924. The summed E-state index contributed by atoms with van der Waals surface area (Å²) in [6, 6.07) is 15.0. The molecule has 0 radical (unpaired) electrons. The molecule has 1 heterocycles. The number of anilines is 1. The topological polar surface area (TPSA) is 41.1 Å². The predicted octanol–water partition coefficient (Wildman–Crippen LogP) is 5.47. The second kappa shape index (κ2) is 9.08. The molecule has 146 valence electrons. The monoisotopic (exact) mass is 400 g/mol. The molecule has 0 bridgehead atoms. The Labute approximate surface area is 167 Å². The first kappa shape index (κ1) is 20.2. The van der Waals surface area contributed by atoms with Crippen LogP contribution in [0.3, 0.4) is 0 Å².